The Morgan fingerprint density at radius 3 is 2.89 bits per heavy atom. The first-order valence-corrected chi connectivity index (χ1v) is 6.16. The molecule has 19 heavy (non-hydrogen) atoms. The van der Waals surface area contributed by atoms with E-state index in [0.717, 1.165) is 0 Å². The van der Waals surface area contributed by atoms with Crippen LogP contribution in [0.3, 0.4) is 0 Å². The van der Waals surface area contributed by atoms with Gasteiger partial charge in [-0.05, 0) is 40.2 Å². The van der Waals surface area contributed by atoms with E-state index in [0.29, 0.717) is 16.2 Å². The van der Waals surface area contributed by atoms with Crippen molar-refractivity contribution in [3.8, 4) is 6.07 Å². The van der Waals surface area contributed by atoms with Gasteiger partial charge in [0.25, 0.3) is 5.91 Å². The molecule has 5 nitrogen and oxygen atoms in total. The summed E-state index contributed by atoms with van der Waals surface area (Å²) in [6.07, 6.45) is 2.89. The highest BCUT2D eigenvalue weighted by Gasteiger charge is 2.10. The van der Waals surface area contributed by atoms with Crippen LogP contribution in [0, 0.1) is 11.3 Å². The number of hydrogen-bond acceptors (Lipinski definition) is 4. The topological polar surface area (TPSA) is 79.2 Å². The number of nitriles is 1. The van der Waals surface area contributed by atoms with E-state index in [4.69, 9.17) is 14.1 Å². The fourth-order valence-corrected chi connectivity index (χ4v) is 1.69. The van der Waals surface area contributed by atoms with Gasteiger partial charge in [0.05, 0.1) is 12.8 Å². The van der Waals surface area contributed by atoms with Gasteiger partial charge in [0.2, 0.25) is 0 Å². The molecule has 6 heteroatoms. The van der Waals surface area contributed by atoms with Crippen LogP contribution in [0.2, 0.25) is 0 Å². The first kappa shape index (κ1) is 13.2. The van der Waals surface area contributed by atoms with Crippen LogP contribution in [0.5, 0.6) is 0 Å². The minimum absolute atomic E-state index is 0.0339. The predicted molar refractivity (Wildman–Crippen MR) is 70.6 cm³/mol. The van der Waals surface area contributed by atoms with Gasteiger partial charge in [0.15, 0.2) is 4.67 Å². The highest BCUT2D eigenvalue weighted by Crippen LogP contribution is 2.16. The van der Waals surface area contributed by atoms with Gasteiger partial charge in [-0.2, -0.15) is 5.26 Å². The Kier molecular flexibility index (Phi) is 4.21. The third-order valence-electron chi connectivity index (χ3n) is 2.25. The summed E-state index contributed by atoms with van der Waals surface area (Å²) in [4.78, 5) is 11.8. The minimum atomic E-state index is -0.480. The molecule has 0 saturated heterocycles. The molecule has 0 saturated carbocycles. The number of furan rings is 2. The van der Waals surface area contributed by atoms with E-state index < -0.39 is 5.91 Å². The molecule has 0 unspecified atom stereocenters. The van der Waals surface area contributed by atoms with Gasteiger partial charge in [-0.25, -0.2) is 0 Å². The van der Waals surface area contributed by atoms with Gasteiger partial charge in [-0.3, -0.25) is 4.79 Å². The average molecular weight is 321 g/mol. The molecule has 2 heterocycles. The molecule has 0 fully saturated rings. The van der Waals surface area contributed by atoms with Crippen molar-refractivity contribution in [2.75, 3.05) is 0 Å². The molecule has 2 aromatic heterocycles. The van der Waals surface area contributed by atoms with Crippen molar-refractivity contribution < 1.29 is 13.6 Å². The zero-order chi connectivity index (χ0) is 13.7. The molecule has 96 valence electrons. The summed E-state index contributed by atoms with van der Waals surface area (Å²) in [5.74, 6) is 0.564. The van der Waals surface area contributed by atoms with Crippen molar-refractivity contribution in [2.45, 2.75) is 6.54 Å². The number of nitrogens with one attached hydrogen (secondary N) is 1. The number of nitrogens with zero attached hydrogens (tertiary/aromatic N) is 1. The Morgan fingerprint density at radius 2 is 2.32 bits per heavy atom. The van der Waals surface area contributed by atoms with Crippen LogP contribution in [-0.4, -0.2) is 5.91 Å². The molecule has 0 radical (unpaired) electrons. The lowest BCUT2D eigenvalue weighted by atomic mass is 10.2. The Labute approximate surface area is 117 Å². The fraction of sp³-hybridized carbons (Fsp3) is 0.0769. The summed E-state index contributed by atoms with van der Waals surface area (Å²) in [5.41, 5.74) is -0.0339. The number of carbonyl (C=O) groups is 1. The lowest BCUT2D eigenvalue weighted by molar-refractivity contribution is -0.117. The first-order valence-electron chi connectivity index (χ1n) is 5.37. The van der Waals surface area contributed by atoms with Crippen LogP contribution >= 0.6 is 15.9 Å². The number of hydrogen-bond donors (Lipinski definition) is 1. The van der Waals surface area contributed by atoms with Gasteiger partial charge in [0, 0.05) is 6.08 Å². The van der Waals surface area contributed by atoms with Crippen LogP contribution < -0.4 is 5.32 Å². The van der Waals surface area contributed by atoms with Crippen molar-refractivity contribution >= 4 is 27.9 Å². The van der Waals surface area contributed by atoms with Crippen LogP contribution in [-0.2, 0) is 11.3 Å². The van der Waals surface area contributed by atoms with Crippen molar-refractivity contribution in [3.63, 3.8) is 0 Å². The molecule has 0 aromatic carbocycles. The van der Waals surface area contributed by atoms with Crippen LogP contribution in [0.1, 0.15) is 11.5 Å². The summed E-state index contributed by atoms with van der Waals surface area (Å²) in [7, 11) is 0. The maximum Gasteiger partial charge on any atom is 0.262 e. The molecular formula is C13H9BrN2O3. The molecule has 2 rings (SSSR count). The van der Waals surface area contributed by atoms with Crippen molar-refractivity contribution in [1.82, 2.24) is 5.32 Å². The van der Waals surface area contributed by atoms with E-state index in [1.165, 1.54) is 12.3 Å². The largest absolute Gasteiger partial charge is 0.467 e. The third-order valence-corrected chi connectivity index (χ3v) is 2.68. The summed E-state index contributed by atoms with van der Waals surface area (Å²) < 4.78 is 10.8. The highest BCUT2D eigenvalue weighted by molar-refractivity contribution is 9.10. The SMILES string of the molecule is N#C/C(=C/c1ccc(Br)o1)C(=O)NCc1ccco1. The summed E-state index contributed by atoms with van der Waals surface area (Å²) >= 11 is 3.15. The van der Waals surface area contributed by atoms with Crippen LogP contribution in [0.15, 0.2) is 49.6 Å². The quantitative estimate of drug-likeness (QED) is 0.694. The number of rotatable bonds is 4. The van der Waals surface area contributed by atoms with Crippen LogP contribution in [0.4, 0.5) is 0 Å². The molecule has 0 bridgehead atoms. The highest BCUT2D eigenvalue weighted by atomic mass is 79.9. The lowest BCUT2D eigenvalue weighted by Crippen LogP contribution is -2.23. The molecule has 0 aliphatic rings. The zero-order valence-corrected chi connectivity index (χ0v) is 11.3. The summed E-state index contributed by atoms with van der Waals surface area (Å²) in [5, 5.41) is 11.6. The molecule has 0 aliphatic heterocycles. The Hall–Kier alpha value is -2.26. The Bertz CT molecular complexity index is 635. The van der Waals surface area contributed by atoms with Gasteiger partial charge in [-0.1, -0.05) is 0 Å². The Morgan fingerprint density at radius 1 is 1.47 bits per heavy atom. The minimum Gasteiger partial charge on any atom is -0.467 e. The molecule has 1 N–H and O–H groups in total. The maximum absolute atomic E-state index is 11.8. The standard InChI is InChI=1S/C13H9BrN2O3/c14-12-4-3-10(19-12)6-9(7-15)13(17)16-8-11-2-1-5-18-11/h1-6H,8H2,(H,16,17)/b9-6-. The lowest BCUT2D eigenvalue weighted by Gasteiger charge is -2.01. The van der Waals surface area contributed by atoms with E-state index in [-0.39, 0.29) is 12.1 Å². The van der Waals surface area contributed by atoms with E-state index >= 15 is 0 Å². The van der Waals surface area contributed by atoms with Gasteiger partial charge in [0.1, 0.15) is 23.2 Å². The normalized spacial score (nSPS) is 11.1. The van der Waals surface area contributed by atoms with E-state index in [9.17, 15) is 4.79 Å². The fourth-order valence-electron chi connectivity index (χ4n) is 1.37. The molecule has 0 aliphatic carbocycles. The average Bonchev–Trinajstić information content (AvgIpc) is 3.04. The van der Waals surface area contributed by atoms with E-state index in [1.54, 1.807) is 24.3 Å². The second kappa shape index (κ2) is 6.07. The molecule has 0 atom stereocenters. The first-order chi connectivity index (χ1) is 9.19. The summed E-state index contributed by atoms with van der Waals surface area (Å²) in [6.45, 7) is 0.229. The van der Waals surface area contributed by atoms with Crippen molar-refractivity contribution in [2.24, 2.45) is 0 Å². The molecular weight excluding hydrogens is 312 g/mol. The number of halogens is 1. The molecule has 0 spiro atoms. The second-order valence-electron chi connectivity index (χ2n) is 3.57. The zero-order valence-electron chi connectivity index (χ0n) is 9.72. The van der Waals surface area contributed by atoms with Crippen LogP contribution in [0.25, 0.3) is 6.08 Å². The maximum atomic E-state index is 11.8. The number of amides is 1. The van der Waals surface area contributed by atoms with Gasteiger partial charge in [-0.15, -0.1) is 0 Å². The predicted octanol–water partition coefficient (Wildman–Crippen LogP) is 2.86. The van der Waals surface area contributed by atoms with Gasteiger partial charge >= 0.3 is 0 Å². The number of carbonyl (C=O) groups excluding carboxylic acids is 1. The van der Waals surface area contributed by atoms with E-state index in [2.05, 4.69) is 21.2 Å². The van der Waals surface area contributed by atoms with Crippen molar-refractivity contribution in [3.05, 3.63) is 52.3 Å². The second-order valence-corrected chi connectivity index (χ2v) is 4.36. The van der Waals surface area contributed by atoms with Gasteiger partial charge < -0.3 is 14.2 Å². The van der Waals surface area contributed by atoms with Crippen molar-refractivity contribution in [1.29, 1.82) is 5.26 Å². The molecule has 1 amide bonds. The third kappa shape index (κ3) is 3.60. The van der Waals surface area contributed by atoms with E-state index in [1.807, 2.05) is 6.07 Å². The Balaban J connectivity index is 2.03. The molecule has 2 aromatic rings. The smallest absolute Gasteiger partial charge is 0.262 e. The monoisotopic (exact) mass is 320 g/mol. The summed E-state index contributed by atoms with van der Waals surface area (Å²) in [6, 6.07) is 8.63.